The number of carbonyl (C=O) groups excluding carboxylic acids is 1. The summed E-state index contributed by atoms with van der Waals surface area (Å²) in [6.07, 6.45) is 3.69. The number of rotatable bonds is 5. The summed E-state index contributed by atoms with van der Waals surface area (Å²) in [5.41, 5.74) is 0. The first-order valence-corrected chi connectivity index (χ1v) is 8.05. The number of hydrogen-bond donors (Lipinski definition) is 2. The number of carbonyl (C=O) groups is 1. The zero-order chi connectivity index (χ0) is 13.7. The minimum atomic E-state index is -2.99. The zero-order valence-corrected chi connectivity index (χ0v) is 11.4. The van der Waals surface area contributed by atoms with Crippen molar-refractivity contribution in [2.45, 2.75) is 19.0 Å². The first kappa shape index (κ1) is 14.0. The molecule has 8 heteroatoms. The fourth-order valence-electron chi connectivity index (χ4n) is 2.04. The van der Waals surface area contributed by atoms with Crippen LogP contribution in [0.25, 0.3) is 0 Å². The molecule has 0 bridgehead atoms. The molecule has 106 valence electrons. The van der Waals surface area contributed by atoms with E-state index in [-0.39, 0.29) is 29.9 Å². The molecular formula is C11H18N4O3S. The molecule has 1 saturated heterocycles. The Kier molecular flexibility index (Phi) is 4.54. The van der Waals surface area contributed by atoms with Gasteiger partial charge in [-0.25, -0.2) is 8.42 Å². The van der Waals surface area contributed by atoms with Crippen LogP contribution in [-0.2, 0) is 21.2 Å². The average molecular weight is 286 g/mol. The second-order valence-electron chi connectivity index (χ2n) is 4.59. The van der Waals surface area contributed by atoms with Gasteiger partial charge in [-0.3, -0.25) is 9.48 Å². The van der Waals surface area contributed by atoms with Crippen molar-refractivity contribution in [1.29, 1.82) is 0 Å². The largest absolute Gasteiger partial charge is 0.354 e. The van der Waals surface area contributed by atoms with Gasteiger partial charge in [0.05, 0.1) is 18.1 Å². The van der Waals surface area contributed by atoms with Crippen LogP contribution < -0.4 is 10.6 Å². The number of hydrogen-bond acceptors (Lipinski definition) is 5. The molecular weight excluding hydrogens is 268 g/mol. The molecule has 2 heterocycles. The molecule has 0 aliphatic carbocycles. The van der Waals surface area contributed by atoms with E-state index in [9.17, 15) is 13.2 Å². The summed E-state index contributed by atoms with van der Waals surface area (Å²) in [6, 6.07) is 1.54. The highest BCUT2D eigenvalue weighted by molar-refractivity contribution is 7.91. The lowest BCUT2D eigenvalue weighted by Gasteiger charge is -2.23. The van der Waals surface area contributed by atoms with E-state index in [0.29, 0.717) is 19.6 Å². The second kappa shape index (κ2) is 6.16. The van der Waals surface area contributed by atoms with E-state index in [0.717, 1.165) is 0 Å². The first-order chi connectivity index (χ1) is 9.05. The second-order valence-corrected chi connectivity index (χ2v) is 6.82. The van der Waals surface area contributed by atoms with Gasteiger partial charge in [-0.15, -0.1) is 0 Å². The van der Waals surface area contributed by atoms with E-state index in [4.69, 9.17) is 0 Å². The Balaban J connectivity index is 1.69. The summed E-state index contributed by atoms with van der Waals surface area (Å²) in [6.45, 7) is 1.52. The van der Waals surface area contributed by atoms with Gasteiger partial charge in [-0.05, 0) is 6.07 Å². The highest BCUT2D eigenvalue weighted by atomic mass is 32.2. The molecule has 19 heavy (non-hydrogen) atoms. The van der Waals surface area contributed by atoms with E-state index in [1.165, 1.54) is 0 Å². The van der Waals surface area contributed by atoms with Crippen molar-refractivity contribution < 1.29 is 13.2 Å². The van der Waals surface area contributed by atoms with Crippen LogP contribution in [0.3, 0.4) is 0 Å². The maximum atomic E-state index is 11.7. The van der Waals surface area contributed by atoms with Crippen LogP contribution in [0.1, 0.15) is 6.42 Å². The quantitative estimate of drug-likeness (QED) is 0.707. The molecule has 1 atom stereocenters. The number of nitrogens with zero attached hydrogens (tertiary/aromatic N) is 2. The molecule has 1 aliphatic rings. The number of aromatic nitrogens is 2. The molecule has 1 aliphatic heterocycles. The molecule has 0 radical (unpaired) electrons. The molecule has 1 amide bonds. The normalized spacial score (nSPS) is 22.0. The Morgan fingerprint density at radius 1 is 1.53 bits per heavy atom. The van der Waals surface area contributed by atoms with Crippen LogP contribution >= 0.6 is 0 Å². The minimum absolute atomic E-state index is 0.0412. The summed E-state index contributed by atoms with van der Waals surface area (Å²) >= 11 is 0. The third-order valence-corrected chi connectivity index (χ3v) is 4.69. The average Bonchev–Trinajstić information content (AvgIpc) is 2.80. The van der Waals surface area contributed by atoms with Crippen molar-refractivity contribution in [1.82, 2.24) is 20.4 Å². The molecule has 7 nitrogen and oxygen atoms in total. The topological polar surface area (TPSA) is 93.1 Å². The summed E-state index contributed by atoms with van der Waals surface area (Å²) in [7, 11) is -2.99. The SMILES string of the molecule is O=C(CC1CS(=O)(=O)CCN1)NCCn1cccn1. The van der Waals surface area contributed by atoms with Crippen LogP contribution in [0, 0.1) is 0 Å². The van der Waals surface area contributed by atoms with Gasteiger partial charge >= 0.3 is 0 Å². The Hall–Kier alpha value is -1.41. The predicted molar refractivity (Wildman–Crippen MR) is 70.3 cm³/mol. The standard InChI is InChI=1S/C11H18N4O3S/c16-11(13-3-6-15-5-1-2-14-15)8-10-9-19(17,18)7-4-12-10/h1-2,5,10,12H,3-4,6-9H2,(H,13,16). The molecule has 0 spiro atoms. The maximum absolute atomic E-state index is 11.7. The molecule has 0 saturated carbocycles. The molecule has 0 aromatic carbocycles. The van der Waals surface area contributed by atoms with E-state index >= 15 is 0 Å². The van der Waals surface area contributed by atoms with Gasteiger partial charge in [0.1, 0.15) is 0 Å². The van der Waals surface area contributed by atoms with Gasteiger partial charge in [0.25, 0.3) is 0 Å². The Morgan fingerprint density at radius 2 is 2.37 bits per heavy atom. The molecule has 2 N–H and O–H groups in total. The van der Waals surface area contributed by atoms with Crippen molar-refractivity contribution >= 4 is 15.7 Å². The molecule has 2 rings (SSSR count). The van der Waals surface area contributed by atoms with Gasteiger partial charge in [0.2, 0.25) is 5.91 Å². The van der Waals surface area contributed by atoms with Crippen molar-refractivity contribution in [3.05, 3.63) is 18.5 Å². The van der Waals surface area contributed by atoms with Crippen molar-refractivity contribution in [3.63, 3.8) is 0 Å². The third-order valence-electron chi connectivity index (χ3n) is 2.96. The van der Waals surface area contributed by atoms with Crippen molar-refractivity contribution in [2.75, 3.05) is 24.6 Å². The van der Waals surface area contributed by atoms with Crippen LogP contribution in [0.2, 0.25) is 0 Å². The number of sulfone groups is 1. The molecule has 1 aromatic heterocycles. The number of nitrogens with one attached hydrogen (secondary N) is 2. The molecule has 1 aromatic rings. The highest BCUT2D eigenvalue weighted by Gasteiger charge is 2.25. The summed E-state index contributed by atoms with van der Waals surface area (Å²) in [5, 5.41) is 9.83. The number of amides is 1. The van der Waals surface area contributed by atoms with Gasteiger partial charge in [-0.2, -0.15) is 5.10 Å². The lowest BCUT2D eigenvalue weighted by Crippen LogP contribution is -2.47. The van der Waals surface area contributed by atoms with Crippen LogP contribution in [-0.4, -0.2) is 54.7 Å². The summed E-state index contributed by atoms with van der Waals surface area (Å²) in [5.74, 6) is 0.0611. The highest BCUT2D eigenvalue weighted by Crippen LogP contribution is 2.04. The molecule has 1 fully saturated rings. The lowest BCUT2D eigenvalue weighted by atomic mass is 10.2. The van der Waals surface area contributed by atoms with Crippen molar-refractivity contribution in [2.24, 2.45) is 0 Å². The Bertz CT molecular complexity index is 512. The maximum Gasteiger partial charge on any atom is 0.221 e. The summed E-state index contributed by atoms with van der Waals surface area (Å²) in [4.78, 5) is 11.7. The van der Waals surface area contributed by atoms with E-state index in [1.807, 2.05) is 12.3 Å². The van der Waals surface area contributed by atoms with Gasteiger partial charge in [0, 0.05) is 37.9 Å². The minimum Gasteiger partial charge on any atom is -0.354 e. The van der Waals surface area contributed by atoms with Gasteiger partial charge in [0.15, 0.2) is 9.84 Å². The first-order valence-electron chi connectivity index (χ1n) is 6.23. The van der Waals surface area contributed by atoms with E-state index < -0.39 is 9.84 Å². The summed E-state index contributed by atoms with van der Waals surface area (Å²) < 4.78 is 24.6. The zero-order valence-electron chi connectivity index (χ0n) is 10.6. The fourth-order valence-corrected chi connectivity index (χ4v) is 3.48. The van der Waals surface area contributed by atoms with Gasteiger partial charge in [-0.1, -0.05) is 0 Å². The van der Waals surface area contributed by atoms with Crippen LogP contribution in [0.4, 0.5) is 0 Å². The fraction of sp³-hybridized carbons (Fsp3) is 0.636. The van der Waals surface area contributed by atoms with Gasteiger partial charge < -0.3 is 10.6 Å². The van der Waals surface area contributed by atoms with Crippen LogP contribution in [0.15, 0.2) is 18.5 Å². The van der Waals surface area contributed by atoms with E-state index in [1.54, 1.807) is 10.9 Å². The monoisotopic (exact) mass is 286 g/mol. The Labute approximate surface area is 112 Å². The lowest BCUT2D eigenvalue weighted by molar-refractivity contribution is -0.121. The van der Waals surface area contributed by atoms with Crippen molar-refractivity contribution in [3.8, 4) is 0 Å². The predicted octanol–water partition coefficient (Wildman–Crippen LogP) is -1.22. The smallest absolute Gasteiger partial charge is 0.221 e. The molecule has 1 unspecified atom stereocenters. The third kappa shape index (κ3) is 4.64. The van der Waals surface area contributed by atoms with Crippen LogP contribution in [0.5, 0.6) is 0 Å². The Morgan fingerprint density at radius 3 is 3.05 bits per heavy atom. The van der Waals surface area contributed by atoms with E-state index in [2.05, 4.69) is 15.7 Å².